The minimum atomic E-state index is 0.0275. The Morgan fingerprint density at radius 1 is 1.31 bits per heavy atom. The fraction of sp³-hybridized carbons (Fsp3) is 1.00. The summed E-state index contributed by atoms with van der Waals surface area (Å²) in [6, 6.07) is 0. The zero-order valence-electron chi connectivity index (χ0n) is 10.3. The number of hydrogen-bond acceptors (Lipinski definition) is 4. The Labute approximate surface area is 98.2 Å². The summed E-state index contributed by atoms with van der Waals surface area (Å²) >= 11 is 0. The summed E-state index contributed by atoms with van der Waals surface area (Å²) in [6.45, 7) is 7.44. The van der Waals surface area contributed by atoms with Gasteiger partial charge >= 0.3 is 0 Å². The molecule has 2 heterocycles. The van der Waals surface area contributed by atoms with Gasteiger partial charge in [-0.15, -0.1) is 0 Å². The minimum Gasteiger partial charge on any atom is -0.396 e. The van der Waals surface area contributed by atoms with Crippen molar-refractivity contribution in [2.45, 2.75) is 12.8 Å². The van der Waals surface area contributed by atoms with Crippen molar-refractivity contribution in [2.24, 2.45) is 5.41 Å². The van der Waals surface area contributed by atoms with Crippen molar-refractivity contribution in [1.82, 2.24) is 9.80 Å². The summed E-state index contributed by atoms with van der Waals surface area (Å²) in [7, 11) is 2.14. The van der Waals surface area contributed by atoms with Crippen molar-refractivity contribution < 1.29 is 9.84 Å². The molecule has 16 heavy (non-hydrogen) atoms. The molecule has 1 N–H and O–H groups in total. The first-order chi connectivity index (χ1) is 7.74. The van der Waals surface area contributed by atoms with Crippen molar-refractivity contribution in [3.05, 3.63) is 0 Å². The summed E-state index contributed by atoms with van der Waals surface area (Å²) in [5.74, 6) is 0. The van der Waals surface area contributed by atoms with Gasteiger partial charge in [0.15, 0.2) is 0 Å². The van der Waals surface area contributed by atoms with Crippen LogP contribution in [-0.2, 0) is 4.74 Å². The molecule has 0 radical (unpaired) electrons. The largest absolute Gasteiger partial charge is 0.396 e. The number of likely N-dealkylation sites (tertiary alicyclic amines) is 1. The number of likely N-dealkylation sites (N-methyl/N-ethyl adjacent to an activating group) is 1. The number of aliphatic hydroxyl groups excluding tert-OH is 1. The molecule has 0 aromatic carbocycles. The van der Waals surface area contributed by atoms with Crippen LogP contribution < -0.4 is 0 Å². The Morgan fingerprint density at radius 3 is 2.50 bits per heavy atom. The molecule has 0 aromatic heterocycles. The summed E-state index contributed by atoms with van der Waals surface area (Å²) in [5, 5.41) is 9.35. The fourth-order valence-electron chi connectivity index (χ4n) is 2.59. The van der Waals surface area contributed by atoms with E-state index in [0.29, 0.717) is 0 Å². The third kappa shape index (κ3) is 2.94. The fourth-order valence-corrected chi connectivity index (χ4v) is 2.59. The second kappa shape index (κ2) is 5.45. The highest BCUT2D eigenvalue weighted by Gasteiger charge is 2.38. The maximum atomic E-state index is 9.35. The topological polar surface area (TPSA) is 35.9 Å². The summed E-state index contributed by atoms with van der Waals surface area (Å²) in [5.41, 5.74) is 0.0275. The SMILES string of the molecule is CN(CCN1CCCC1)CC1(CO)COC1. The van der Waals surface area contributed by atoms with Crippen molar-refractivity contribution in [3.63, 3.8) is 0 Å². The molecular weight excluding hydrogens is 204 g/mol. The molecule has 2 aliphatic rings. The van der Waals surface area contributed by atoms with Crippen LogP contribution in [0.5, 0.6) is 0 Å². The van der Waals surface area contributed by atoms with Crippen LogP contribution in [0.15, 0.2) is 0 Å². The molecule has 0 aliphatic carbocycles. The molecule has 2 fully saturated rings. The quantitative estimate of drug-likeness (QED) is 0.695. The third-order valence-electron chi connectivity index (χ3n) is 3.75. The minimum absolute atomic E-state index is 0.0275. The molecule has 2 aliphatic heterocycles. The van der Waals surface area contributed by atoms with Gasteiger partial charge in [-0.3, -0.25) is 0 Å². The average molecular weight is 228 g/mol. The predicted octanol–water partition coefficient (Wildman–Crippen LogP) is 0.0229. The van der Waals surface area contributed by atoms with Crippen LogP contribution >= 0.6 is 0 Å². The molecule has 0 spiro atoms. The summed E-state index contributed by atoms with van der Waals surface area (Å²) < 4.78 is 5.21. The molecule has 0 amide bonds. The van der Waals surface area contributed by atoms with E-state index >= 15 is 0 Å². The Bertz CT molecular complexity index is 208. The van der Waals surface area contributed by atoms with E-state index < -0.39 is 0 Å². The van der Waals surface area contributed by atoms with Crippen LogP contribution in [0.3, 0.4) is 0 Å². The van der Waals surface area contributed by atoms with E-state index in [0.717, 1.165) is 26.3 Å². The summed E-state index contributed by atoms with van der Waals surface area (Å²) in [6.07, 6.45) is 2.72. The second-order valence-electron chi connectivity index (χ2n) is 5.44. The first-order valence-corrected chi connectivity index (χ1v) is 6.34. The van der Waals surface area contributed by atoms with E-state index in [1.807, 2.05) is 0 Å². The first-order valence-electron chi connectivity index (χ1n) is 6.34. The predicted molar refractivity (Wildman–Crippen MR) is 63.5 cm³/mol. The number of ether oxygens (including phenoxy) is 1. The number of aliphatic hydroxyl groups is 1. The molecule has 0 saturated carbocycles. The highest BCUT2D eigenvalue weighted by Crippen LogP contribution is 2.27. The van der Waals surface area contributed by atoms with Crippen molar-refractivity contribution in [3.8, 4) is 0 Å². The maximum absolute atomic E-state index is 9.35. The Balaban J connectivity index is 1.65. The van der Waals surface area contributed by atoms with Gasteiger partial charge in [-0.2, -0.15) is 0 Å². The van der Waals surface area contributed by atoms with Crippen LogP contribution in [0.1, 0.15) is 12.8 Å². The lowest BCUT2D eigenvalue weighted by Gasteiger charge is -2.42. The monoisotopic (exact) mass is 228 g/mol. The second-order valence-corrected chi connectivity index (χ2v) is 5.44. The average Bonchev–Trinajstić information content (AvgIpc) is 2.73. The maximum Gasteiger partial charge on any atom is 0.0579 e. The van der Waals surface area contributed by atoms with Crippen LogP contribution in [-0.4, -0.2) is 74.5 Å². The molecule has 0 unspecified atom stereocenters. The van der Waals surface area contributed by atoms with Gasteiger partial charge < -0.3 is 19.6 Å². The molecule has 2 saturated heterocycles. The van der Waals surface area contributed by atoms with E-state index in [1.165, 1.54) is 32.5 Å². The molecule has 4 nitrogen and oxygen atoms in total. The van der Waals surface area contributed by atoms with Gasteiger partial charge in [-0.05, 0) is 33.0 Å². The van der Waals surface area contributed by atoms with Crippen LogP contribution in [0.25, 0.3) is 0 Å². The number of hydrogen-bond donors (Lipinski definition) is 1. The van der Waals surface area contributed by atoms with Crippen molar-refractivity contribution >= 4 is 0 Å². The molecule has 0 aromatic rings. The van der Waals surface area contributed by atoms with Crippen LogP contribution in [0.2, 0.25) is 0 Å². The number of nitrogens with zero attached hydrogens (tertiary/aromatic N) is 2. The smallest absolute Gasteiger partial charge is 0.0579 e. The zero-order chi connectivity index (χ0) is 11.4. The van der Waals surface area contributed by atoms with E-state index in [4.69, 9.17) is 4.74 Å². The lowest BCUT2D eigenvalue weighted by Crippen LogP contribution is -2.53. The molecule has 0 bridgehead atoms. The standard InChI is InChI=1S/C12H24N2O2/c1-13(6-7-14-4-2-3-5-14)8-12(9-15)10-16-11-12/h15H,2-11H2,1H3. The van der Waals surface area contributed by atoms with Crippen LogP contribution in [0, 0.1) is 5.41 Å². The van der Waals surface area contributed by atoms with Gasteiger partial charge in [0.2, 0.25) is 0 Å². The van der Waals surface area contributed by atoms with Gasteiger partial charge in [0.05, 0.1) is 25.2 Å². The van der Waals surface area contributed by atoms with E-state index in [2.05, 4.69) is 16.8 Å². The molecule has 2 rings (SSSR count). The lowest BCUT2D eigenvalue weighted by molar-refractivity contribution is -0.146. The van der Waals surface area contributed by atoms with Crippen molar-refractivity contribution in [1.29, 1.82) is 0 Å². The Kier molecular flexibility index (Phi) is 4.19. The highest BCUT2D eigenvalue weighted by atomic mass is 16.5. The Morgan fingerprint density at radius 2 is 2.00 bits per heavy atom. The number of rotatable bonds is 6. The normalized spacial score (nSPS) is 24.9. The van der Waals surface area contributed by atoms with E-state index in [9.17, 15) is 5.11 Å². The van der Waals surface area contributed by atoms with Crippen molar-refractivity contribution in [2.75, 3.05) is 59.6 Å². The van der Waals surface area contributed by atoms with E-state index in [1.54, 1.807) is 0 Å². The molecular formula is C12H24N2O2. The lowest BCUT2D eigenvalue weighted by atomic mass is 9.86. The first kappa shape index (κ1) is 12.3. The molecule has 0 atom stereocenters. The molecule has 94 valence electrons. The van der Waals surface area contributed by atoms with Crippen LogP contribution in [0.4, 0.5) is 0 Å². The van der Waals surface area contributed by atoms with E-state index in [-0.39, 0.29) is 12.0 Å². The van der Waals surface area contributed by atoms with Gasteiger partial charge in [-0.25, -0.2) is 0 Å². The van der Waals surface area contributed by atoms with Gasteiger partial charge in [0.25, 0.3) is 0 Å². The van der Waals surface area contributed by atoms with Gasteiger partial charge in [0, 0.05) is 19.6 Å². The summed E-state index contributed by atoms with van der Waals surface area (Å²) in [4.78, 5) is 4.86. The zero-order valence-corrected chi connectivity index (χ0v) is 10.3. The third-order valence-corrected chi connectivity index (χ3v) is 3.75. The Hall–Kier alpha value is -0.160. The highest BCUT2D eigenvalue weighted by molar-refractivity contribution is 4.87. The molecule has 4 heteroatoms. The van der Waals surface area contributed by atoms with Gasteiger partial charge in [-0.1, -0.05) is 0 Å². The van der Waals surface area contributed by atoms with Gasteiger partial charge in [0.1, 0.15) is 0 Å².